The van der Waals surface area contributed by atoms with Crippen molar-refractivity contribution in [1.82, 2.24) is 15.1 Å². The van der Waals surface area contributed by atoms with Gasteiger partial charge in [0.25, 0.3) is 0 Å². The van der Waals surface area contributed by atoms with E-state index in [0.29, 0.717) is 24.0 Å². The lowest BCUT2D eigenvalue weighted by Crippen LogP contribution is -2.36. The highest BCUT2D eigenvalue weighted by Crippen LogP contribution is 2.21. The molecule has 0 atom stereocenters. The van der Waals surface area contributed by atoms with Gasteiger partial charge in [-0.05, 0) is 23.6 Å². The van der Waals surface area contributed by atoms with Gasteiger partial charge < -0.3 is 19.5 Å². The normalized spacial score (nSPS) is 14.3. The largest absolute Gasteiger partial charge is 0.378 e. The van der Waals surface area contributed by atoms with Crippen LogP contribution in [0.1, 0.15) is 12.3 Å². The number of aryl methyl sites for hydroxylation is 1. The van der Waals surface area contributed by atoms with Crippen molar-refractivity contribution in [3.63, 3.8) is 0 Å². The molecule has 3 aromatic rings. The minimum absolute atomic E-state index is 0.141. The molecule has 3 aromatic heterocycles. The van der Waals surface area contributed by atoms with E-state index in [1.165, 1.54) is 0 Å². The van der Waals surface area contributed by atoms with Crippen LogP contribution in [0.15, 0.2) is 40.4 Å². The number of rotatable bonds is 6. The first kappa shape index (κ1) is 17.6. The monoisotopic (exact) mass is 385 g/mol. The fourth-order valence-corrected chi connectivity index (χ4v) is 3.41. The predicted octanol–water partition coefficient (Wildman–Crippen LogP) is 2.60. The van der Waals surface area contributed by atoms with Crippen LogP contribution in [-0.4, -0.2) is 47.3 Å². The summed E-state index contributed by atoms with van der Waals surface area (Å²) in [5.41, 5.74) is 1.03. The second kappa shape index (κ2) is 8.28. The third kappa shape index (κ3) is 4.50. The van der Waals surface area contributed by atoms with Crippen molar-refractivity contribution >= 4 is 28.7 Å². The molecule has 140 valence electrons. The third-order valence-corrected chi connectivity index (χ3v) is 5.03. The number of nitrogens with one attached hydrogen (secondary N) is 1. The number of anilines is 2. The zero-order chi connectivity index (χ0) is 18.5. The van der Waals surface area contributed by atoms with Crippen LogP contribution in [0.4, 0.5) is 11.5 Å². The first-order valence-corrected chi connectivity index (χ1v) is 9.61. The van der Waals surface area contributed by atoms with E-state index in [1.807, 2.05) is 29.6 Å². The van der Waals surface area contributed by atoms with E-state index in [4.69, 9.17) is 9.26 Å². The lowest BCUT2D eigenvalue weighted by atomic mass is 10.3. The maximum absolute atomic E-state index is 12.1. The Morgan fingerprint density at radius 1 is 1.26 bits per heavy atom. The SMILES string of the molecule is O=C(CCc1nc(-c2cccs2)no1)Nc1ccc(N2CCOCC2)cn1. The van der Waals surface area contributed by atoms with Crippen LogP contribution >= 0.6 is 11.3 Å². The molecule has 0 aliphatic carbocycles. The van der Waals surface area contributed by atoms with E-state index in [-0.39, 0.29) is 12.3 Å². The topological polar surface area (TPSA) is 93.4 Å². The van der Waals surface area contributed by atoms with Crippen molar-refractivity contribution in [2.24, 2.45) is 0 Å². The molecule has 4 rings (SSSR count). The van der Waals surface area contributed by atoms with Crippen molar-refractivity contribution in [2.45, 2.75) is 12.8 Å². The van der Waals surface area contributed by atoms with E-state index in [2.05, 4.69) is 25.3 Å². The number of pyridine rings is 1. The molecule has 4 heterocycles. The van der Waals surface area contributed by atoms with Gasteiger partial charge in [-0.3, -0.25) is 4.79 Å². The smallest absolute Gasteiger partial charge is 0.227 e. The highest BCUT2D eigenvalue weighted by Gasteiger charge is 2.13. The lowest BCUT2D eigenvalue weighted by Gasteiger charge is -2.28. The first-order chi connectivity index (χ1) is 13.3. The third-order valence-electron chi connectivity index (χ3n) is 4.17. The van der Waals surface area contributed by atoms with E-state index >= 15 is 0 Å². The van der Waals surface area contributed by atoms with Gasteiger partial charge in [-0.25, -0.2) is 4.98 Å². The van der Waals surface area contributed by atoms with Gasteiger partial charge in [0, 0.05) is 25.9 Å². The molecule has 1 N–H and O–H groups in total. The standard InChI is InChI=1S/C18H19N5O3S/c24-16(5-6-17-21-18(22-26-17)14-2-1-11-27-14)20-15-4-3-13(12-19-15)23-7-9-25-10-8-23/h1-4,11-12H,5-10H2,(H,19,20,24). The Bertz CT molecular complexity index is 873. The van der Waals surface area contributed by atoms with E-state index in [9.17, 15) is 4.79 Å². The van der Waals surface area contributed by atoms with Gasteiger partial charge in [-0.15, -0.1) is 11.3 Å². The van der Waals surface area contributed by atoms with Gasteiger partial charge >= 0.3 is 0 Å². The lowest BCUT2D eigenvalue weighted by molar-refractivity contribution is -0.116. The van der Waals surface area contributed by atoms with Crippen molar-refractivity contribution in [3.8, 4) is 10.7 Å². The second-order valence-corrected chi connectivity index (χ2v) is 6.99. The molecule has 0 saturated carbocycles. The first-order valence-electron chi connectivity index (χ1n) is 8.73. The Morgan fingerprint density at radius 2 is 2.15 bits per heavy atom. The zero-order valence-corrected chi connectivity index (χ0v) is 15.4. The zero-order valence-electron chi connectivity index (χ0n) is 14.6. The molecule has 0 unspecified atom stereocenters. The van der Waals surface area contributed by atoms with E-state index in [0.717, 1.165) is 36.9 Å². The van der Waals surface area contributed by atoms with Crippen LogP contribution in [0.25, 0.3) is 10.7 Å². The molecule has 0 bridgehead atoms. The van der Waals surface area contributed by atoms with Crippen LogP contribution in [0.2, 0.25) is 0 Å². The summed E-state index contributed by atoms with van der Waals surface area (Å²) in [6.45, 7) is 3.15. The molecule has 0 radical (unpaired) electrons. The van der Waals surface area contributed by atoms with Crippen LogP contribution < -0.4 is 10.2 Å². The maximum Gasteiger partial charge on any atom is 0.227 e. The van der Waals surface area contributed by atoms with Gasteiger partial charge in [0.05, 0.1) is 30.0 Å². The molecular weight excluding hydrogens is 366 g/mol. The van der Waals surface area contributed by atoms with Crippen molar-refractivity contribution in [2.75, 3.05) is 36.5 Å². The molecule has 1 saturated heterocycles. The minimum atomic E-state index is -0.141. The average Bonchev–Trinajstić information content (AvgIpc) is 3.39. The van der Waals surface area contributed by atoms with E-state index < -0.39 is 0 Å². The second-order valence-electron chi connectivity index (χ2n) is 6.04. The van der Waals surface area contributed by atoms with Crippen LogP contribution in [0.3, 0.4) is 0 Å². The molecule has 9 heteroatoms. The number of carbonyl (C=O) groups excluding carboxylic acids is 1. The van der Waals surface area contributed by atoms with Gasteiger partial charge in [0.15, 0.2) is 0 Å². The fraction of sp³-hybridized carbons (Fsp3) is 0.333. The summed E-state index contributed by atoms with van der Waals surface area (Å²) in [6, 6.07) is 7.63. The summed E-state index contributed by atoms with van der Waals surface area (Å²) in [6.07, 6.45) is 2.40. The van der Waals surface area contributed by atoms with Crippen LogP contribution in [-0.2, 0) is 16.0 Å². The molecule has 0 aromatic carbocycles. The molecular formula is C18H19N5O3S. The van der Waals surface area contributed by atoms with Gasteiger partial charge in [0.1, 0.15) is 5.82 Å². The number of ether oxygens (including phenoxy) is 1. The molecule has 0 spiro atoms. The number of hydrogen-bond acceptors (Lipinski definition) is 8. The highest BCUT2D eigenvalue weighted by molar-refractivity contribution is 7.13. The quantitative estimate of drug-likeness (QED) is 0.697. The Hall–Kier alpha value is -2.78. The molecule has 1 aliphatic heterocycles. The Labute approximate surface area is 160 Å². The minimum Gasteiger partial charge on any atom is -0.378 e. The van der Waals surface area contributed by atoms with Gasteiger partial charge in [0.2, 0.25) is 17.6 Å². The summed E-state index contributed by atoms with van der Waals surface area (Å²) < 4.78 is 10.6. The summed E-state index contributed by atoms with van der Waals surface area (Å²) >= 11 is 1.54. The average molecular weight is 385 g/mol. The molecule has 1 amide bonds. The Kier molecular flexibility index (Phi) is 5.40. The molecule has 27 heavy (non-hydrogen) atoms. The maximum atomic E-state index is 12.1. The van der Waals surface area contributed by atoms with Crippen LogP contribution in [0, 0.1) is 0 Å². The summed E-state index contributed by atoms with van der Waals surface area (Å²) in [7, 11) is 0. The number of carbonyl (C=O) groups is 1. The van der Waals surface area contributed by atoms with Crippen LogP contribution in [0.5, 0.6) is 0 Å². The molecule has 8 nitrogen and oxygen atoms in total. The predicted molar refractivity (Wildman–Crippen MR) is 102 cm³/mol. The van der Waals surface area contributed by atoms with Crippen molar-refractivity contribution in [3.05, 3.63) is 41.7 Å². The number of aromatic nitrogens is 3. The number of thiophene rings is 1. The highest BCUT2D eigenvalue weighted by atomic mass is 32.1. The number of hydrogen-bond donors (Lipinski definition) is 1. The fourth-order valence-electron chi connectivity index (χ4n) is 2.76. The van der Waals surface area contributed by atoms with Gasteiger partial charge in [-0.1, -0.05) is 11.2 Å². The molecule has 1 fully saturated rings. The van der Waals surface area contributed by atoms with Crippen molar-refractivity contribution in [1.29, 1.82) is 0 Å². The Morgan fingerprint density at radius 3 is 2.89 bits per heavy atom. The molecule has 1 aliphatic rings. The van der Waals surface area contributed by atoms with Gasteiger partial charge in [-0.2, -0.15) is 4.98 Å². The summed E-state index contributed by atoms with van der Waals surface area (Å²) in [5, 5.41) is 8.69. The van der Waals surface area contributed by atoms with E-state index in [1.54, 1.807) is 17.5 Å². The van der Waals surface area contributed by atoms with Crippen molar-refractivity contribution < 1.29 is 14.1 Å². The summed E-state index contributed by atoms with van der Waals surface area (Å²) in [5.74, 6) is 1.39. The number of nitrogens with zero attached hydrogens (tertiary/aromatic N) is 4. The number of amides is 1. The summed E-state index contributed by atoms with van der Waals surface area (Å²) in [4.78, 5) is 23.9. The Balaban J connectivity index is 1.28. The number of morpholine rings is 1.